The van der Waals surface area contributed by atoms with Crippen LogP contribution in [0.5, 0.6) is 0 Å². The molecular weight excluding hydrogens is 286 g/mol. The molecule has 0 amide bonds. The molecule has 21 heavy (non-hydrogen) atoms. The minimum absolute atomic E-state index is 0.00228. The van der Waals surface area contributed by atoms with Gasteiger partial charge in [0.15, 0.2) is 21.3 Å². The molecular formula is C15H25NO4Si. The molecule has 0 saturated heterocycles. The normalized spacial score (nSPS) is 44.1. The molecule has 0 aromatic rings. The van der Waals surface area contributed by atoms with Gasteiger partial charge in [0.1, 0.15) is 11.3 Å². The molecule has 0 heterocycles. The minimum Gasteiger partial charge on any atom is -0.427 e. The second kappa shape index (κ2) is 5.74. The fraction of sp³-hybridized carbons (Fsp3) is 0.800. The maximum atomic E-state index is 12.3. The second-order valence-corrected chi connectivity index (χ2v) is 8.96. The lowest BCUT2D eigenvalue weighted by atomic mass is 9.81. The van der Waals surface area contributed by atoms with Gasteiger partial charge in [-0.2, -0.15) is 0 Å². The molecule has 3 saturated carbocycles. The third kappa shape index (κ3) is 2.64. The van der Waals surface area contributed by atoms with E-state index < -0.39 is 15.3 Å². The van der Waals surface area contributed by atoms with Gasteiger partial charge < -0.3 is 15.0 Å². The summed E-state index contributed by atoms with van der Waals surface area (Å²) in [6.45, 7) is 4.65. The molecule has 3 aliphatic carbocycles. The summed E-state index contributed by atoms with van der Waals surface area (Å²) >= 11 is 0. The molecule has 3 aliphatic rings. The van der Waals surface area contributed by atoms with Crippen molar-refractivity contribution >= 4 is 27.1 Å². The van der Waals surface area contributed by atoms with Crippen LogP contribution in [0.4, 0.5) is 0 Å². The van der Waals surface area contributed by atoms with Crippen LogP contribution in [0.3, 0.4) is 0 Å². The number of ketones is 3. The van der Waals surface area contributed by atoms with Crippen LogP contribution >= 0.6 is 0 Å². The van der Waals surface area contributed by atoms with Gasteiger partial charge in [0, 0.05) is 18.9 Å². The van der Waals surface area contributed by atoms with Gasteiger partial charge in [-0.1, -0.05) is 0 Å². The number of Topliss-reactive ketones (excluding diaryl/α,β-unsaturated/α-hetero) is 3. The van der Waals surface area contributed by atoms with E-state index in [0.717, 1.165) is 12.8 Å². The largest absolute Gasteiger partial charge is 0.427 e. The average molecular weight is 311 g/mol. The molecule has 5 nitrogen and oxygen atoms in total. The molecule has 2 N–H and O–H groups in total. The molecule has 0 aromatic carbocycles. The van der Waals surface area contributed by atoms with Gasteiger partial charge in [-0.25, -0.2) is 0 Å². The van der Waals surface area contributed by atoms with E-state index in [2.05, 4.69) is 0 Å². The van der Waals surface area contributed by atoms with Crippen molar-refractivity contribution < 1.29 is 18.8 Å². The van der Waals surface area contributed by atoms with Crippen LogP contribution in [0.15, 0.2) is 0 Å². The van der Waals surface area contributed by atoms with Gasteiger partial charge in [0.2, 0.25) is 0 Å². The van der Waals surface area contributed by atoms with Crippen LogP contribution in [0.2, 0.25) is 5.54 Å². The Morgan fingerprint density at radius 2 is 1.76 bits per heavy atom. The van der Waals surface area contributed by atoms with Gasteiger partial charge in [-0.3, -0.25) is 9.59 Å². The first-order valence-corrected chi connectivity index (χ1v) is 8.94. The predicted octanol–water partition coefficient (Wildman–Crippen LogP) is 0.242. The average Bonchev–Trinajstić information content (AvgIpc) is 2.97. The van der Waals surface area contributed by atoms with Gasteiger partial charge in [-0.05, 0) is 51.0 Å². The topological polar surface area (TPSA) is 86.5 Å². The lowest BCUT2D eigenvalue weighted by molar-refractivity contribution is -0.130. The summed E-state index contributed by atoms with van der Waals surface area (Å²) in [5.74, 6) is 0.804. The van der Waals surface area contributed by atoms with Crippen molar-refractivity contribution in [3.8, 4) is 0 Å². The van der Waals surface area contributed by atoms with E-state index in [1.54, 1.807) is 14.0 Å². The zero-order valence-corrected chi connectivity index (χ0v) is 14.6. The highest BCUT2D eigenvalue weighted by molar-refractivity contribution is 6.30. The molecule has 118 valence electrons. The van der Waals surface area contributed by atoms with Crippen LogP contribution in [-0.2, 0) is 18.8 Å². The number of carbonyl (C=O) groups excluding carboxylic acids is 3. The van der Waals surface area contributed by atoms with Crippen LogP contribution in [0.25, 0.3) is 0 Å². The van der Waals surface area contributed by atoms with E-state index in [4.69, 9.17) is 10.2 Å². The fourth-order valence-corrected chi connectivity index (χ4v) is 6.17. The maximum Gasteiger partial charge on any atom is 0.164 e. The molecule has 3 fully saturated rings. The minimum atomic E-state index is -1.21. The van der Waals surface area contributed by atoms with Crippen molar-refractivity contribution in [3.05, 3.63) is 0 Å². The highest BCUT2D eigenvalue weighted by Crippen LogP contribution is 2.61. The SMILES string of the molecule is CC(C)=O.CO[SiH2]C1CC2CC1C1C(=O)C(C)(N)C(=O)C21. The van der Waals surface area contributed by atoms with Crippen molar-refractivity contribution in [2.24, 2.45) is 29.4 Å². The van der Waals surface area contributed by atoms with Crippen molar-refractivity contribution in [2.75, 3.05) is 7.11 Å². The first kappa shape index (κ1) is 16.5. The Hall–Kier alpha value is -0.853. The highest BCUT2D eigenvalue weighted by Gasteiger charge is 2.66. The zero-order valence-electron chi connectivity index (χ0n) is 13.2. The third-order valence-corrected chi connectivity index (χ3v) is 6.85. The van der Waals surface area contributed by atoms with Crippen LogP contribution in [0, 0.1) is 23.7 Å². The number of rotatable bonds is 2. The summed E-state index contributed by atoms with van der Waals surface area (Å²) in [5, 5.41) is 0. The Balaban J connectivity index is 0.000000361. The summed E-state index contributed by atoms with van der Waals surface area (Å²) in [6, 6.07) is 0. The Morgan fingerprint density at radius 3 is 2.29 bits per heavy atom. The predicted molar refractivity (Wildman–Crippen MR) is 81.5 cm³/mol. The number of hydrogen-bond acceptors (Lipinski definition) is 5. The quantitative estimate of drug-likeness (QED) is 0.583. The third-order valence-electron chi connectivity index (χ3n) is 5.15. The molecule has 2 bridgehead atoms. The number of nitrogens with two attached hydrogens (primary N) is 1. The molecule has 6 atom stereocenters. The van der Waals surface area contributed by atoms with Crippen LogP contribution < -0.4 is 5.73 Å². The molecule has 6 heteroatoms. The van der Waals surface area contributed by atoms with Gasteiger partial charge in [0.05, 0.1) is 0 Å². The maximum absolute atomic E-state index is 12.3. The zero-order chi connectivity index (χ0) is 15.9. The van der Waals surface area contributed by atoms with E-state index in [9.17, 15) is 14.4 Å². The van der Waals surface area contributed by atoms with E-state index in [-0.39, 0.29) is 29.2 Å². The van der Waals surface area contributed by atoms with Crippen molar-refractivity contribution in [2.45, 2.75) is 44.7 Å². The van der Waals surface area contributed by atoms with E-state index in [1.165, 1.54) is 13.8 Å². The van der Waals surface area contributed by atoms with Crippen molar-refractivity contribution in [1.82, 2.24) is 0 Å². The summed E-state index contributed by atoms with van der Waals surface area (Å²) < 4.78 is 5.35. The second-order valence-electron chi connectivity index (χ2n) is 7.00. The first-order valence-electron chi connectivity index (χ1n) is 7.55. The summed E-state index contributed by atoms with van der Waals surface area (Å²) in [5.41, 5.74) is 5.28. The van der Waals surface area contributed by atoms with Gasteiger partial charge >= 0.3 is 0 Å². The smallest absolute Gasteiger partial charge is 0.164 e. The molecule has 0 aromatic heterocycles. The number of hydrogen-bond donors (Lipinski definition) is 1. The Morgan fingerprint density at radius 1 is 1.24 bits per heavy atom. The van der Waals surface area contributed by atoms with Gasteiger partial charge in [-0.15, -0.1) is 0 Å². The Bertz CT molecular complexity index is 472. The van der Waals surface area contributed by atoms with Gasteiger partial charge in [0.25, 0.3) is 0 Å². The standard InChI is InChI=1S/C12H19NO3Si.C3H6O/c1-12(13)10(14)8-5-3-6(9(8)11(12)15)7(4-5)17-16-2;1-3(2)4/h5-9H,3-4,13,17H2,1-2H3;1-2H3. The lowest BCUT2D eigenvalue weighted by Crippen LogP contribution is -2.49. The van der Waals surface area contributed by atoms with Crippen molar-refractivity contribution in [3.63, 3.8) is 0 Å². The lowest BCUT2D eigenvalue weighted by Gasteiger charge is -2.28. The summed E-state index contributed by atoms with van der Waals surface area (Å²) in [7, 11) is 1.21. The summed E-state index contributed by atoms with van der Waals surface area (Å²) in [6.07, 6.45) is 2.13. The number of carbonyl (C=O) groups is 3. The molecule has 6 unspecified atom stereocenters. The molecule has 0 radical (unpaired) electrons. The summed E-state index contributed by atoms with van der Waals surface area (Å²) in [4.78, 5) is 33.9. The highest BCUT2D eigenvalue weighted by atomic mass is 28.2. The Labute approximate surface area is 127 Å². The van der Waals surface area contributed by atoms with Crippen molar-refractivity contribution in [1.29, 1.82) is 0 Å². The van der Waals surface area contributed by atoms with E-state index in [1.807, 2.05) is 0 Å². The van der Waals surface area contributed by atoms with Crippen LogP contribution in [-0.4, -0.2) is 39.8 Å². The Kier molecular flexibility index (Phi) is 4.51. The monoisotopic (exact) mass is 311 g/mol. The van der Waals surface area contributed by atoms with E-state index >= 15 is 0 Å². The number of fused-ring (bicyclic) bond motifs is 5. The molecule has 0 spiro atoms. The van der Waals surface area contributed by atoms with E-state index in [0.29, 0.717) is 17.4 Å². The molecule has 0 aliphatic heterocycles. The first-order chi connectivity index (χ1) is 9.71. The van der Waals surface area contributed by atoms with Crippen LogP contribution in [0.1, 0.15) is 33.6 Å². The fourth-order valence-electron chi connectivity index (χ4n) is 4.45. The molecule has 3 rings (SSSR count).